The van der Waals surface area contributed by atoms with E-state index in [0.717, 1.165) is 16.7 Å². The Morgan fingerprint density at radius 2 is 2.00 bits per heavy atom. The molecule has 0 bridgehead atoms. The maximum absolute atomic E-state index is 4.68. The van der Waals surface area contributed by atoms with Gasteiger partial charge in [-0.3, -0.25) is 4.68 Å². The van der Waals surface area contributed by atoms with Crippen molar-refractivity contribution in [1.29, 1.82) is 0 Å². The summed E-state index contributed by atoms with van der Waals surface area (Å²) in [4.78, 5) is 0. The minimum atomic E-state index is 0.815. The molecule has 3 nitrogen and oxygen atoms in total. The van der Waals surface area contributed by atoms with Gasteiger partial charge in [0.05, 0.1) is 10.2 Å². The summed E-state index contributed by atoms with van der Waals surface area (Å²) in [6.45, 7) is 0.815. The number of nitrogens with zero attached hydrogens (tertiary/aromatic N) is 2. The number of nitrogens with one attached hydrogen (secondary N) is 1. The Labute approximate surface area is 128 Å². The fourth-order valence-electron chi connectivity index (χ4n) is 2.96. The third-order valence-electron chi connectivity index (χ3n) is 4.07. The Morgan fingerprint density at radius 3 is 2.75 bits per heavy atom. The Kier molecular flexibility index (Phi) is 3.94. The van der Waals surface area contributed by atoms with Gasteiger partial charge in [0.15, 0.2) is 0 Å². The molecule has 1 aromatic heterocycles. The molecule has 20 heavy (non-hydrogen) atoms. The average Bonchev–Trinajstić information content (AvgIpc) is 2.75. The predicted octanol–water partition coefficient (Wildman–Crippen LogP) is 3.45. The van der Waals surface area contributed by atoms with Crippen LogP contribution in [-0.4, -0.2) is 16.8 Å². The van der Waals surface area contributed by atoms with Crippen LogP contribution in [0.3, 0.4) is 0 Å². The second-order valence-electron chi connectivity index (χ2n) is 5.45. The van der Waals surface area contributed by atoms with Gasteiger partial charge in [-0.1, -0.05) is 12.1 Å². The van der Waals surface area contributed by atoms with Crippen LogP contribution in [0.25, 0.3) is 11.3 Å². The van der Waals surface area contributed by atoms with Gasteiger partial charge in [0.25, 0.3) is 0 Å². The minimum absolute atomic E-state index is 0.815. The largest absolute Gasteiger partial charge is 0.314 e. The van der Waals surface area contributed by atoms with Gasteiger partial charge in [0, 0.05) is 19.2 Å². The number of rotatable bonds is 3. The summed E-state index contributed by atoms with van der Waals surface area (Å²) in [6.07, 6.45) is 5.07. The highest BCUT2D eigenvalue weighted by molar-refractivity contribution is 9.10. The number of aromatic nitrogens is 2. The van der Waals surface area contributed by atoms with Crippen molar-refractivity contribution < 1.29 is 0 Å². The third-order valence-corrected chi connectivity index (χ3v) is 4.90. The first kappa shape index (κ1) is 13.8. The Morgan fingerprint density at radius 1 is 1.25 bits per heavy atom. The Hall–Kier alpha value is -1.13. The van der Waals surface area contributed by atoms with Gasteiger partial charge in [-0.25, -0.2) is 0 Å². The molecule has 0 radical (unpaired) electrons. The van der Waals surface area contributed by atoms with Gasteiger partial charge in [-0.2, -0.15) is 5.10 Å². The quantitative estimate of drug-likeness (QED) is 0.932. The molecule has 1 N–H and O–H groups in total. The summed E-state index contributed by atoms with van der Waals surface area (Å²) in [5.41, 5.74) is 6.46. The normalized spacial score (nSPS) is 14.3. The summed E-state index contributed by atoms with van der Waals surface area (Å²) in [7, 11) is 3.96. The lowest BCUT2D eigenvalue weighted by atomic mass is 9.90. The number of benzene rings is 1. The van der Waals surface area contributed by atoms with Crippen LogP contribution in [0.5, 0.6) is 0 Å². The molecular formula is C16H20BrN3. The molecule has 3 rings (SSSR count). The molecule has 1 aliphatic carbocycles. The van der Waals surface area contributed by atoms with Crippen LogP contribution in [-0.2, 0) is 26.4 Å². The number of halogens is 1. The zero-order valence-corrected chi connectivity index (χ0v) is 13.6. The summed E-state index contributed by atoms with van der Waals surface area (Å²) >= 11 is 3.71. The summed E-state index contributed by atoms with van der Waals surface area (Å²) in [5.74, 6) is 0. The van der Waals surface area contributed by atoms with Crippen molar-refractivity contribution in [2.45, 2.75) is 32.2 Å². The van der Waals surface area contributed by atoms with Gasteiger partial charge >= 0.3 is 0 Å². The van der Waals surface area contributed by atoms with E-state index in [1.54, 1.807) is 0 Å². The zero-order valence-electron chi connectivity index (χ0n) is 12.0. The SMILES string of the molecule is CNCc1c(Br)c(-c2ccc3c(c2)CCCC3)nn1C. The van der Waals surface area contributed by atoms with E-state index in [1.165, 1.54) is 48.1 Å². The maximum atomic E-state index is 4.68. The van der Waals surface area contributed by atoms with Crippen LogP contribution in [0.15, 0.2) is 22.7 Å². The van der Waals surface area contributed by atoms with Gasteiger partial charge in [-0.15, -0.1) is 0 Å². The van der Waals surface area contributed by atoms with Crippen LogP contribution in [0.4, 0.5) is 0 Å². The highest BCUT2D eigenvalue weighted by atomic mass is 79.9. The van der Waals surface area contributed by atoms with E-state index in [1.807, 2.05) is 18.8 Å². The number of aryl methyl sites for hydroxylation is 3. The zero-order chi connectivity index (χ0) is 14.1. The van der Waals surface area contributed by atoms with E-state index in [0.29, 0.717) is 0 Å². The third kappa shape index (κ3) is 2.42. The second-order valence-corrected chi connectivity index (χ2v) is 6.25. The molecule has 1 aromatic carbocycles. The molecule has 0 amide bonds. The average molecular weight is 334 g/mol. The Balaban J connectivity index is 2.03. The molecule has 0 aliphatic heterocycles. The highest BCUT2D eigenvalue weighted by Gasteiger charge is 2.17. The fraction of sp³-hybridized carbons (Fsp3) is 0.438. The van der Waals surface area contributed by atoms with Crippen molar-refractivity contribution in [2.75, 3.05) is 7.05 Å². The number of hydrogen-bond acceptors (Lipinski definition) is 2. The fourth-order valence-corrected chi connectivity index (χ4v) is 3.66. The molecular weight excluding hydrogens is 314 g/mol. The second kappa shape index (κ2) is 5.70. The number of hydrogen-bond donors (Lipinski definition) is 1. The standard InChI is InChI=1S/C16H20BrN3/c1-18-10-14-15(17)16(19-20(14)2)13-8-7-11-5-3-4-6-12(11)9-13/h7-9,18H,3-6,10H2,1-2H3. The molecule has 0 atom stereocenters. The first-order valence-corrected chi connectivity index (χ1v) is 7.98. The topological polar surface area (TPSA) is 29.9 Å². The van der Waals surface area contributed by atoms with Gasteiger partial charge < -0.3 is 5.32 Å². The van der Waals surface area contributed by atoms with Crippen molar-refractivity contribution in [3.8, 4) is 11.3 Å². The van der Waals surface area contributed by atoms with E-state index < -0.39 is 0 Å². The van der Waals surface area contributed by atoms with Gasteiger partial charge in [-0.05, 0) is 65.9 Å². The minimum Gasteiger partial charge on any atom is -0.314 e. The molecule has 0 fully saturated rings. The van der Waals surface area contributed by atoms with Crippen molar-refractivity contribution >= 4 is 15.9 Å². The van der Waals surface area contributed by atoms with Crippen molar-refractivity contribution in [3.63, 3.8) is 0 Å². The summed E-state index contributed by atoms with van der Waals surface area (Å²) in [5, 5.41) is 7.87. The first-order valence-electron chi connectivity index (χ1n) is 7.19. The van der Waals surface area contributed by atoms with Crippen molar-refractivity contribution in [2.24, 2.45) is 7.05 Å². The van der Waals surface area contributed by atoms with Crippen LogP contribution < -0.4 is 5.32 Å². The molecule has 0 unspecified atom stereocenters. The monoisotopic (exact) mass is 333 g/mol. The molecule has 2 aromatic rings. The van der Waals surface area contributed by atoms with E-state index in [-0.39, 0.29) is 0 Å². The lowest BCUT2D eigenvalue weighted by Gasteiger charge is -2.16. The van der Waals surface area contributed by atoms with Crippen LogP contribution >= 0.6 is 15.9 Å². The molecule has 1 aliphatic rings. The van der Waals surface area contributed by atoms with Gasteiger partial charge in [0.1, 0.15) is 5.69 Å². The van der Waals surface area contributed by atoms with Crippen LogP contribution in [0.2, 0.25) is 0 Å². The highest BCUT2D eigenvalue weighted by Crippen LogP contribution is 2.32. The molecule has 0 saturated carbocycles. The molecule has 0 spiro atoms. The summed E-state index contributed by atoms with van der Waals surface area (Å²) < 4.78 is 3.06. The van der Waals surface area contributed by atoms with E-state index in [9.17, 15) is 0 Å². The Bertz CT molecular complexity index is 631. The maximum Gasteiger partial charge on any atom is 0.107 e. The smallest absolute Gasteiger partial charge is 0.107 e. The number of fused-ring (bicyclic) bond motifs is 1. The lowest BCUT2D eigenvalue weighted by molar-refractivity contribution is 0.671. The molecule has 106 valence electrons. The van der Waals surface area contributed by atoms with Crippen molar-refractivity contribution in [1.82, 2.24) is 15.1 Å². The van der Waals surface area contributed by atoms with Crippen molar-refractivity contribution in [3.05, 3.63) is 39.5 Å². The molecule has 0 saturated heterocycles. The summed E-state index contributed by atoms with van der Waals surface area (Å²) in [6, 6.07) is 6.81. The van der Waals surface area contributed by atoms with Gasteiger partial charge in [0.2, 0.25) is 0 Å². The molecule has 1 heterocycles. The molecule has 4 heteroatoms. The van der Waals surface area contributed by atoms with E-state index in [4.69, 9.17) is 0 Å². The lowest BCUT2D eigenvalue weighted by Crippen LogP contribution is -2.10. The van der Waals surface area contributed by atoms with E-state index >= 15 is 0 Å². The first-order chi connectivity index (χ1) is 9.70. The van der Waals surface area contributed by atoms with E-state index in [2.05, 4.69) is 44.5 Å². The van der Waals surface area contributed by atoms with Crippen LogP contribution in [0.1, 0.15) is 29.7 Å². The van der Waals surface area contributed by atoms with Crippen LogP contribution in [0, 0.1) is 0 Å². The predicted molar refractivity (Wildman–Crippen MR) is 85.7 cm³/mol.